The van der Waals surface area contributed by atoms with E-state index in [2.05, 4.69) is 5.32 Å². The average molecular weight is 378 g/mol. The third-order valence-electron chi connectivity index (χ3n) is 4.90. The van der Waals surface area contributed by atoms with E-state index in [9.17, 15) is 4.79 Å². The Balaban J connectivity index is 1.55. The largest absolute Gasteiger partial charge is 0.353 e. The van der Waals surface area contributed by atoms with Crippen LogP contribution in [0, 0.1) is 0 Å². The number of fused-ring (bicyclic) bond motifs is 1. The Hall–Kier alpha value is -2.40. The van der Waals surface area contributed by atoms with Crippen molar-refractivity contribution in [2.45, 2.75) is 43.2 Å². The smallest absolute Gasteiger partial charge is 0.230 e. The van der Waals surface area contributed by atoms with Crippen LogP contribution < -0.4 is 5.32 Å². The lowest BCUT2D eigenvalue weighted by Crippen LogP contribution is -2.37. The van der Waals surface area contributed by atoms with Crippen molar-refractivity contribution >= 4 is 28.7 Å². The highest BCUT2D eigenvalue weighted by molar-refractivity contribution is 8.00. The average Bonchev–Trinajstić information content (AvgIpc) is 2.73. The molecule has 1 saturated carbocycles. The zero-order chi connectivity index (χ0) is 18.5. The van der Waals surface area contributed by atoms with Gasteiger partial charge in [-0.25, -0.2) is 9.97 Å². The first-order valence-electron chi connectivity index (χ1n) is 9.54. The van der Waals surface area contributed by atoms with Crippen LogP contribution in [0.1, 0.15) is 32.1 Å². The first-order chi connectivity index (χ1) is 13.3. The molecule has 0 atom stereocenters. The minimum absolute atomic E-state index is 0.0841. The molecule has 2 aromatic carbocycles. The highest BCUT2D eigenvalue weighted by Crippen LogP contribution is 2.30. The van der Waals surface area contributed by atoms with Crippen LogP contribution in [0.2, 0.25) is 0 Å². The van der Waals surface area contributed by atoms with Crippen molar-refractivity contribution in [2.24, 2.45) is 0 Å². The van der Waals surface area contributed by atoms with Crippen LogP contribution in [-0.4, -0.2) is 27.7 Å². The molecule has 4 rings (SSSR count). The molecule has 1 aromatic heterocycles. The minimum Gasteiger partial charge on any atom is -0.353 e. The molecule has 1 N–H and O–H groups in total. The first kappa shape index (κ1) is 18.0. The van der Waals surface area contributed by atoms with Gasteiger partial charge in [-0.3, -0.25) is 4.79 Å². The van der Waals surface area contributed by atoms with Crippen molar-refractivity contribution in [3.8, 4) is 11.3 Å². The van der Waals surface area contributed by atoms with Gasteiger partial charge in [-0.2, -0.15) is 0 Å². The van der Waals surface area contributed by atoms with Crippen LogP contribution in [0.25, 0.3) is 22.3 Å². The summed E-state index contributed by atoms with van der Waals surface area (Å²) in [5, 5.41) is 3.98. The summed E-state index contributed by atoms with van der Waals surface area (Å²) in [5.74, 6) is 0.449. The van der Waals surface area contributed by atoms with Gasteiger partial charge in [-0.15, -0.1) is 0 Å². The molecule has 0 saturated heterocycles. The van der Waals surface area contributed by atoms with Crippen LogP contribution in [0.15, 0.2) is 59.6 Å². The van der Waals surface area contributed by atoms with Gasteiger partial charge in [0.05, 0.1) is 16.8 Å². The second-order valence-corrected chi connectivity index (χ2v) is 7.89. The minimum atomic E-state index is 0.0841. The predicted octanol–water partition coefficient (Wildman–Crippen LogP) is 4.84. The summed E-state index contributed by atoms with van der Waals surface area (Å²) in [5.41, 5.74) is 3.58. The van der Waals surface area contributed by atoms with Gasteiger partial charge in [-0.05, 0) is 25.0 Å². The molecule has 1 aliphatic carbocycles. The number of nitrogens with zero attached hydrogens (tertiary/aromatic N) is 2. The molecule has 1 heterocycles. The number of carbonyl (C=O) groups is 1. The van der Waals surface area contributed by atoms with E-state index in [1.54, 1.807) is 0 Å². The maximum Gasteiger partial charge on any atom is 0.230 e. The van der Waals surface area contributed by atoms with Crippen molar-refractivity contribution in [2.75, 3.05) is 5.75 Å². The number of benzene rings is 2. The highest BCUT2D eigenvalue weighted by Gasteiger charge is 2.17. The van der Waals surface area contributed by atoms with E-state index in [0.29, 0.717) is 11.8 Å². The van der Waals surface area contributed by atoms with E-state index in [4.69, 9.17) is 9.97 Å². The van der Waals surface area contributed by atoms with Crippen molar-refractivity contribution in [3.05, 3.63) is 54.6 Å². The SMILES string of the molecule is O=C(CSc1nc2ccccc2nc1-c1ccccc1)NC1CCCCC1. The number of thioether (sulfide) groups is 1. The number of amides is 1. The first-order valence-corrected chi connectivity index (χ1v) is 10.5. The van der Waals surface area contributed by atoms with Gasteiger partial charge in [0, 0.05) is 11.6 Å². The van der Waals surface area contributed by atoms with E-state index in [0.717, 1.165) is 40.2 Å². The van der Waals surface area contributed by atoms with Gasteiger partial charge in [0.2, 0.25) is 5.91 Å². The Kier molecular flexibility index (Phi) is 5.68. The monoisotopic (exact) mass is 377 g/mol. The molecule has 4 nitrogen and oxygen atoms in total. The molecule has 0 aliphatic heterocycles. The molecule has 1 aliphatic rings. The summed E-state index contributed by atoms with van der Waals surface area (Å²) in [6.45, 7) is 0. The molecule has 5 heteroatoms. The van der Waals surface area contributed by atoms with Gasteiger partial charge in [-0.1, -0.05) is 73.5 Å². The second-order valence-electron chi connectivity index (χ2n) is 6.92. The second kappa shape index (κ2) is 8.53. The number of carbonyl (C=O) groups excluding carboxylic acids is 1. The van der Waals surface area contributed by atoms with Crippen LogP contribution in [-0.2, 0) is 4.79 Å². The van der Waals surface area contributed by atoms with Crippen LogP contribution in [0.5, 0.6) is 0 Å². The number of para-hydroxylation sites is 2. The van der Waals surface area contributed by atoms with Gasteiger partial charge >= 0.3 is 0 Å². The Morgan fingerprint density at radius 3 is 2.33 bits per heavy atom. The Morgan fingerprint density at radius 1 is 0.926 bits per heavy atom. The summed E-state index contributed by atoms with van der Waals surface area (Å²) in [7, 11) is 0. The Morgan fingerprint density at radius 2 is 1.59 bits per heavy atom. The maximum atomic E-state index is 12.4. The highest BCUT2D eigenvalue weighted by atomic mass is 32.2. The summed E-state index contributed by atoms with van der Waals surface area (Å²) in [6, 6.07) is 18.2. The molecular weight excluding hydrogens is 354 g/mol. The van der Waals surface area contributed by atoms with Crippen LogP contribution in [0.3, 0.4) is 0 Å². The molecule has 0 spiro atoms. The lowest BCUT2D eigenvalue weighted by molar-refractivity contribution is -0.119. The van der Waals surface area contributed by atoms with E-state index in [1.807, 2.05) is 54.6 Å². The number of nitrogens with one attached hydrogen (secondary N) is 1. The summed E-state index contributed by atoms with van der Waals surface area (Å²) < 4.78 is 0. The van der Waals surface area contributed by atoms with Gasteiger partial charge in [0.25, 0.3) is 0 Å². The van der Waals surface area contributed by atoms with Gasteiger partial charge in [0.15, 0.2) is 0 Å². The van der Waals surface area contributed by atoms with E-state index >= 15 is 0 Å². The molecule has 1 amide bonds. The van der Waals surface area contributed by atoms with E-state index in [1.165, 1.54) is 31.0 Å². The van der Waals surface area contributed by atoms with Crippen molar-refractivity contribution < 1.29 is 4.79 Å². The van der Waals surface area contributed by atoms with Crippen molar-refractivity contribution in [1.29, 1.82) is 0 Å². The Bertz CT molecular complexity index is 923. The molecule has 0 bridgehead atoms. The fourth-order valence-electron chi connectivity index (χ4n) is 3.52. The number of hydrogen-bond donors (Lipinski definition) is 1. The zero-order valence-electron chi connectivity index (χ0n) is 15.2. The molecule has 0 radical (unpaired) electrons. The lowest BCUT2D eigenvalue weighted by atomic mass is 9.95. The number of hydrogen-bond acceptors (Lipinski definition) is 4. The fraction of sp³-hybridized carbons (Fsp3) is 0.318. The summed E-state index contributed by atoms with van der Waals surface area (Å²) >= 11 is 1.47. The quantitative estimate of drug-likeness (QED) is 0.647. The third-order valence-corrected chi connectivity index (χ3v) is 5.86. The topological polar surface area (TPSA) is 54.9 Å². The number of rotatable bonds is 5. The normalized spacial score (nSPS) is 15.0. The maximum absolute atomic E-state index is 12.4. The number of aromatic nitrogens is 2. The van der Waals surface area contributed by atoms with Crippen molar-refractivity contribution in [3.63, 3.8) is 0 Å². The van der Waals surface area contributed by atoms with Crippen LogP contribution in [0.4, 0.5) is 0 Å². The molecule has 0 unspecified atom stereocenters. The fourth-order valence-corrected chi connectivity index (χ4v) is 4.33. The molecule has 3 aromatic rings. The molecular formula is C22H23N3OS. The third kappa shape index (κ3) is 4.48. The lowest BCUT2D eigenvalue weighted by Gasteiger charge is -2.22. The summed E-state index contributed by atoms with van der Waals surface area (Å²) in [6.07, 6.45) is 5.91. The van der Waals surface area contributed by atoms with Gasteiger partial charge in [0.1, 0.15) is 10.7 Å². The molecule has 138 valence electrons. The standard InChI is InChI=1S/C22H23N3OS/c26-20(23-17-11-5-2-6-12-17)15-27-22-21(16-9-3-1-4-10-16)24-18-13-7-8-14-19(18)25-22/h1,3-4,7-10,13-14,17H,2,5-6,11-12,15H2,(H,23,26). The Labute approximate surface area is 163 Å². The summed E-state index contributed by atoms with van der Waals surface area (Å²) in [4.78, 5) is 22.0. The van der Waals surface area contributed by atoms with Crippen LogP contribution >= 0.6 is 11.8 Å². The molecule has 27 heavy (non-hydrogen) atoms. The van der Waals surface area contributed by atoms with E-state index < -0.39 is 0 Å². The zero-order valence-corrected chi connectivity index (χ0v) is 16.0. The van der Waals surface area contributed by atoms with Crippen molar-refractivity contribution in [1.82, 2.24) is 15.3 Å². The predicted molar refractivity (Wildman–Crippen MR) is 111 cm³/mol. The van der Waals surface area contributed by atoms with Gasteiger partial charge < -0.3 is 5.32 Å². The van der Waals surface area contributed by atoms with E-state index in [-0.39, 0.29) is 5.91 Å². The molecule has 1 fully saturated rings.